The number of hydrogen-bond donors (Lipinski definition) is 2. The van der Waals surface area contributed by atoms with E-state index >= 15 is 0 Å². The van der Waals surface area contributed by atoms with Crippen molar-refractivity contribution in [3.05, 3.63) is 45.5 Å². The Kier molecular flexibility index (Phi) is 10.4. The fourth-order valence-corrected chi connectivity index (χ4v) is 3.85. The Labute approximate surface area is 208 Å². The van der Waals surface area contributed by atoms with Crippen LogP contribution >= 0.6 is 22.6 Å². The standard InChI is InChI=1S/C24H30IN3O5/c1-6-32-20-13-16(12-19(25)22(20)33-7-2)14-26-28-24(30)21(15(3)4)23(29)27-17-8-10-18(31-5)11-9-17/h8-15,21H,6-7H2,1-5H3,(H,27,29)(H,28,30). The van der Waals surface area contributed by atoms with Crippen LogP contribution in [0.3, 0.4) is 0 Å². The van der Waals surface area contributed by atoms with E-state index in [9.17, 15) is 9.59 Å². The molecule has 1 unspecified atom stereocenters. The van der Waals surface area contributed by atoms with Crippen molar-refractivity contribution in [2.75, 3.05) is 25.6 Å². The van der Waals surface area contributed by atoms with E-state index in [1.54, 1.807) is 37.4 Å². The molecular formula is C24H30IN3O5. The number of nitrogens with zero attached hydrogens (tertiary/aromatic N) is 1. The maximum atomic E-state index is 12.8. The van der Waals surface area contributed by atoms with Crippen LogP contribution in [0.15, 0.2) is 41.5 Å². The van der Waals surface area contributed by atoms with Crippen LogP contribution in [0.25, 0.3) is 0 Å². The molecular weight excluding hydrogens is 537 g/mol. The second-order valence-electron chi connectivity index (χ2n) is 7.37. The van der Waals surface area contributed by atoms with Crippen LogP contribution in [0, 0.1) is 15.4 Å². The molecule has 2 N–H and O–H groups in total. The summed E-state index contributed by atoms with van der Waals surface area (Å²) in [5, 5.41) is 6.83. The Morgan fingerprint density at radius 3 is 2.30 bits per heavy atom. The molecule has 0 aliphatic carbocycles. The number of carbonyl (C=O) groups is 2. The van der Waals surface area contributed by atoms with Crippen LogP contribution in [0.1, 0.15) is 33.3 Å². The maximum Gasteiger partial charge on any atom is 0.252 e. The van der Waals surface area contributed by atoms with Crippen molar-refractivity contribution >= 4 is 46.3 Å². The van der Waals surface area contributed by atoms with Gasteiger partial charge in [0.05, 0.1) is 30.1 Å². The Morgan fingerprint density at radius 1 is 1.06 bits per heavy atom. The molecule has 2 aromatic carbocycles. The summed E-state index contributed by atoms with van der Waals surface area (Å²) in [4.78, 5) is 25.5. The first-order chi connectivity index (χ1) is 15.8. The highest BCUT2D eigenvalue weighted by Gasteiger charge is 2.30. The Bertz CT molecular complexity index is 977. The molecule has 9 heteroatoms. The number of hydrazone groups is 1. The number of ether oxygens (including phenoxy) is 3. The second kappa shape index (κ2) is 13.0. The number of methoxy groups -OCH3 is 1. The second-order valence-corrected chi connectivity index (χ2v) is 8.53. The van der Waals surface area contributed by atoms with Crippen LogP contribution in [0.5, 0.6) is 17.2 Å². The van der Waals surface area contributed by atoms with Crippen LogP contribution in [-0.4, -0.2) is 38.4 Å². The van der Waals surface area contributed by atoms with E-state index in [1.807, 2.05) is 33.8 Å². The minimum absolute atomic E-state index is 0.227. The van der Waals surface area contributed by atoms with Gasteiger partial charge < -0.3 is 19.5 Å². The summed E-state index contributed by atoms with van der Waals surface area (Å²) in [5.41, 5.74) is 3.79. The van der Waals surface area contributed by atoms with E-state index in [0.717, 1.165) is 9.13 Å². The van der Waals surface area contributed by atoms with Gasteiger partial charge in [-0.25, -0.2) is 5.43 Å². The smallest absolute Gasteiger partial charge is 0.252 e. The van der Waals surface area contributed by atoms with Crippen LogP contribution in [0.2, 0.25) is 0 Å². The number of rotatable bonds is 11. The summed E-state index contributed by atoms with van der Waals surface area (Å²) < 4.78 is 17.3. The molecule has 0 saturated carbocycles. The van der Waals surface area contributed by atoms with Gasteiger partial charge in [-0.05, 0) is 84.3 Å². The Hall–Kier alpha value is -2.82. The molecule has 2 aromatic rings. The fourth-order valence-electron chi connectivity index (χ4n) is 3.07. The van der Waals surface area contributed by atoms with Gasteiger partial charge in [-0.2, -0.15) is 5.10 Å². The molecule has 0 radical (unpaired) electrons. The monoisotopic (exact) mass is 567 g/mol. The zero-order valence-electron chi connectivity index (χ0n) is 19.5. The first-order valence-electron chi connectivity index (χ1n) is 10.7. The number of carbonyl (C=O) groups excluding carboxylic acids is 2. The van der Waals surface area contributed by atoms with Gasteiger partial charge in [0.1, 0.15) is 11.7 Å². The number of benzene rings is 2. The molecule has 2 rings (SSSR count). The van der Waals surface area contributed by atoms with Crippen LogP contribution in [-0.2, 0) is 9.59 Å². The quantitative estimate of drug-likeness (QED) is 0.181. The molecule has 1 atom stereocenters. The first-order valence-corrected chi connectivity index (χ1v) is 11.8. The summed E-state index contributed by atoms with van der Waals surface area (Å²) in [7, 11) is 1.57. The highest BCUT2D eigenvalue weighted by molar-refractivity contribution is 14.1. The number of halogens is 1. The minimum Gasteiger partial charge on any atom is -0.497 e. The minimum atomic E-state index is -0.913. The summed E-state index contributed by atoms with van der Waals surface area (Å²) in [6.07, 6.45) is 1.51. The molecule has 8 nitrogen and oxygen atoms in total. The SMILES string of the molecule is CCOc1cc(C=NNC(=O)C(C(=O)Nc2ccc(OC)cc2)C(C)C)cc(I)c1OCC. The average Bonchev–Trinajstić information content (AvgIpc) is 2.76. The average molecular weight is 567 g/mol. The Morgan fingerprint density at radius 2 is 1.73 bits per heavy atom. The lowest BCUT2D eigenvalue weighted by atomic mass is 9.94. The molecule has 0 saturated heterocycles. The van der Waals surface area contributed by atoms with Crippen LogP contribution in [0.4, 0.5) is 5.69 Å². The molecule has 178 valence electrons. The first kappa shape index (κ1) is 26.4. The molecule has 2 amide bonds. The van der Waals surface area contributed by atoms with Crippen molar-refractivity contribution in [3.8, 4) is 17.2 Å². The third-order valence-electron chi connectivity index (χ3n) is 4.60. The maximum absolute atomic E-state index is 12.8. The molecule has 0 aliphatic heterocycles. The highest BCUT2D eigenvalue weighted by Crippen LogP contribution is 2.33. The van der Waals surface area contributed by atoms with E-state index in [1.165, 1.54) is 6.21 Å². The van der Waals surface area contributed by atoms with E-state index in [0.29, 0.717) is 36.1 Å². The highest BCUT2D eigenvalue weighted by atomic mass is 127. The predicted octanol–water partition coefficient (Wildman–Crippen LogP) is 4.46. The summed E-state index contributed by atoms with van der Waals surface area (Å²) >= 11 is 2.17. The molecule has 0 aromatic heterocycles. The topological polar surface area (TPSA) is 98.2 Å². The molecule has 0 aliphatic rings. The van der Waals surface area contributed by atoms with Crippen molar-refractivity contribution in [3.63, 3.8) is 0 Å². The van der Waals surface area contributed by atoms with Gasteiger partial charge in [0.15, 0.2) is 11.5 Å². The van der Waals surface area contributed by atoms with Crippen molar-refractivity contribution in [1.82, 2.24) is 5.43 Å². The van der Waals surface area contributed by atoms with Crippen molar-refractivity contribution in [2.24, 2.45) is 16.9 Å². The van der Waals surface area contributed by atoms with Crippen molar-refractivity contribution in [2.45, 2.75) is 27.7 Å². The predicted molar refractivity (Wildman–Crippen MR) is 137 cm³/mol. The van der Waals surface area contributed by atoms with E-state index in [4.69, 9.17) is 14.2 Å². The lowest BCUT2D eigenvalue weighted by Crippen LogP contribution is -2.39. The fraction of sp³-hybridized carbons (Fsp3) is 0.375. The molecule has 0 bridgehead atoms. The van der Waals surface area contributed by atoms with Gasteiger partial charge in [-0.1, -0.05) is 13.8 Å². The zero-order valence-corrected chi connectivity index (χ0v) is 21.6. The van der Waals surface area contributed by atoms with Gasteiger partial charge in [-0.3, -0.25) is 9.59 Å². The third-order valence-corrected chi connectivity index (χ3v) is 5.40. The Balaban J connectivity index is 2.10. The molecule has 0 fully saturated rings. The summed E-state index contributed by atoms with van der Waals surface area (Å²) in [5.74, 6) is -0.0701. The van der Waals surface area contributed by atoms with Crippen molar-refractivity contribution in [1.29, 1.82) is 0 Å². The van der Waals surface area contributed by atoms with Gasteiger partial charge in [0.2, 0.25) is 5.91 Å². The number of hydrogen-bond acceptors (Lipinski definition) is 6. The van der Waals surface area contributed by atoms with E-state index in [2.05, 4.69) is 38.4 Å². The van der Waals surface area contributed by atoms with Crippen molar-refractivity contribution < 1.29 is 23.8 Å². The number of anilines is 1. The molecule has 0 heterocycles. The summed E-state index contributed by atoms with van der Waals surface area (Å²) in [6.45, 7) is 8.44. The third kappa shape index (κ3) is 7.62. The van der Waals surface area contributed by atoms with E-state index < -0.39 is 17.7 Å². The lowest BCUT2D eigenvalue weighted by Gasteiger charge is -2.18. The largest absolute Gasteiger partial charge is 0.497 e. The number of nitrogens with one attached hydrogen (secondary N) is 2. The lowest BCUT2D eigenvalue weighted by molar-refractivity contribution is -0.134. The zero-order chi connectivity index (χ0) is 24.4. The van der Waals surface area contributed by atoms with Gasteiger partial charge in [0, 0.05) is 5.69 Å². The van der Waals surface area contributed by atoms with Gasteiger partial charge >= 0.3 is 0 Å². The van der Waals surface area contributed by atoms with E-state index in [-0.39, 0.29) is 5.92 Å². The van der Waals surface area contributed by atoms with Gasteiger partial charge in [0.25, 0.3) is 5.91 Å². The number of amides is 2. The molecule has 0 spiro atoms. The normalized spacial score (nSPS) is 11.8. The van der Waals surface area contributed by atoms with Gasteiger partial charge in [-0.15, -0.1) is 0 Å². The summed E-state index contributed by atoms with van der Waals surface area (Å²) in [6, 6.07) is 10.6. The molecule has 33 heavy (non-hydrogen) atoms. The van der Waals surface area contributed by atoms with Crippen LogP contribution < -0.4 is 25.0 Å².